The van der Waals surface area contributed by atoms with Gasteiger partial charge in [-0.3, -0.25) is 9.59 Å². The minimum atomic E-state index is -0.597. The average Bonchev–Trinajstić information content (AvgIpc) is 2.56. The van der Waals surface area contributed by atoms with Crippen LogP contribution in [0.2, 0.25) is 0 Å². The van der Waals surface area contributed by atoms with E-state index >= 15 is 0 Å². The summed E-state index contributed by atoms with van der Waals surface area (Å²) in [6.07, 6.45) is 5.13. The predicted octanol–water partition coefficient (Wildman–Crippen LogP) is 2.45. The van der Waals surface area contributed by atoms with E-state index in [1.54, 1.807) is 6.92 Å². The van der Waals surface area contributed by atoms with E-state index < -0.39 is 23.7 Å². The van der Waals surface area contributed by atoms with Crippen molar-refractivity contribution in [3.05, 3.63) is 27.8 Å². The molecule has 1 heterocycles. The zero-order chi connectivity index (χ0) is 16.8. The Morgan fingerprint density at radius 2 is 2.09 bits per heavy atom. The number of esters is 1. The molecule has 6 nitrogen and oxygen atoms in total. The molecular formula is C17H24O6. The van der Waals surface area contributed by atoms with Crippen molar-refractivity contribution < 1.29 is 24.2 Å². The predicted molar refractivity (Wildman–Crippen MR) is 83.1 cm³/mol. The minimum absolute atomic E-state index is 0.0594. The van der Waals surface area contributed by atoms with Crippen molar-refractivity contribution in [3.63, 3.8) is 0 Å². The van der Waals surface area contributed by atoms with Crippen LogP contribution in [0, 0.1) is 5.92 Å². The zero-order valence-corrected chi connectivity index (χ0v) is 13.4. The molecule has 1 aliphatic carbocycles. The molecule has 0 unspecified atom stereocenters. The lowest BCUT2D eigenvalue weighted by Gasteiger charge is -2.29. The smallest absolute Gasteiger partial charge is 0.306 e. The van der Waals surface area contributed by atoms with Crippen molar-refractivity contribution >= 4 is 5.97 Å². The van der Waals surface area contributed by atoms with Crippen LogP contribution in [0.5, 0.6) is 5.75 Å². The fraction of sp³-hybridized carbons (Fsp3) is 0.647. The Hall–Kier alpha value is -1.82. The number of hydrogen-bond donors (Lipinski definition) is 2. The zero-order valence-electron chi connectivity index (χ0n) is 13.4. The van der Waals surface area contributed by atoms with Gasteiger partial charge >= 0.3 is 5.97 Å². The molecule has 0 bridgehead atoms. The van der Waals surface area contributed by atoms with Gasteiger partial charge in [0, 0.05) is 12.0 Å². The summed E-state index contributed by atoms with van der Waals surface area (Å²) in [6.45, 7) is 1.58. The summed E-state index contributed by atoms with van der Waals surface area (Å²) >= 11 is 0. The van der Waals surface area contributed by atoms with E-state index in [0.29, 0.717) is 0 Å². The Bertz CT molecular complexity index is 585. The van der Waals surface area contributed by atoms with E-state index in [4.69, 9.17) is 9.15 Å². The number of rotatable bonds is 6. The van der Waals surface area contributed by atoms with Gasteiger partial charge in [0.2, 0.25) is 11.2 Å². The first-order valence-corrected chi connectivity index (χ1v) is 8.19. The first kappa shape index (κ1) is 17.5. The molecule has 6 heteroatoms. The average molecular weight is 324 g/mol. The van der Waals surface area contributed by atoms with Gasteiger partial charge in [0.15, 0.2) is 5.76 Å². The maximum absolute atomic E-state index is 11.9. The summed E-state index contributed by atoms with van der Waals surface area (Å²) in [5, 5.41) is 19.4. The van der Waals surface area contributed by atoms with Crippen LogP contribution in [0.25, 0.3) is 0 Å². The highest BCUT2D eigenvalue weighted by Crippen LogP contribution is 2.40. The standard InChI is InChI=1S/C17H24O6/c1-2-22-15(20)9-13(11-6-4-3-5-7-11)17-16(21)14(19)8-12(10-18)23-17/h8,11,13,18,21H,2-7,9-10H2,1H3/t13-/m0/s1. The van der Waals surface area contributed by atoms with E-state index in [-0.39, 0.29) is 36.4 Å². The summed E-state index contributed by atoms with van der Waals surface area (Å²) in [5.74, 6) is -0.916. The maximum Gasteiger partial charge on any atom is 0.306 e. The van der Waals surface area contributed by atoms with Crippen molar-refractivity contribution in [1.29, 1.82) is 0 Å². The van der Waals surface area contributed by atoms with E-state index in [0.717, 1.165) is 38.2 Å². The highest BCUT2D eigenvalue weighted by atomic mass is 16.5. The lowest BCUT2D eigenvalue weighted by Crippen LogP contribution is -2.22. The topological polar surface area (TPSA) is 97.0 Å². The first-order valence-electron chi connectivity index (χ1n) is 8.19. The van der Waals surface area contributed by atoms with Crippen LogP contribution in [-0.2, 0) is 16.1 Å². The Kier molecular flexibility index (Phi) is 6.21. The molecule has 128 valence electrons. The van der Waals surface area contributed by atoms with Gasteiger partial charge in [-0.25, -0.2) is 0 Å². The van der Waals surface area contributed by atoms with Crippen molar-refractivity contribution in [2.75, 3.05) is 6.61 Å². The van der Waals surface area contributed by atoms with Crippen LogP contribution in [0.15, 0.2) is 15.3 Å². The number of carbonyl (C=O) groups excluding carboxylic acids is 1. The molecule has 1 aromatic rings. The third-order valence-electron chi connectivity index (χ3n) is 4.40. The van der Waals surface area contributed by atoms with Crippen molar-refractivity contribution in [2.24, 2.45) is 5.92 Å². The van der Waals surface area contributed by atoms with Crippen LogP contribution in [-0.4, -0.2) is 22.8 Å². The number of aromatic hydroxyl groups is 1. The number of carbonyl (C=O) groups is 1. The molecule has 0 aromatic carbocycles. The van der Waals surface area contributed by atoms with E-state index in [2.05, 4.69) is 0 Å². The van der Waals surface area contributed by atoms with Crippen molar-refractivity contribution in [2.45, 2.75) is 58.0 Å². The molecule has 1 saturated carbocycles. The molecule has 1 aliphatic rings. The highest BCUT2D eigenvalue weighted by molar-refractivity contribution is 5.70. The second-order valence-corrected chi connectivity index (χ2v) is 5.96. The van der Waals surface area contributed by atoms with E-state index in [1.807, 2.05) is 0 Å². The molecule has 1 aromatic heterocycles. The second kappa shape index (κ2) is 8.15. The highest BCUT2D eigenvalue weighted by Gasteiger charge is 2.32. The van der Waals surface area contributed by atoms with Gasteiger partial charge in [0.1, 0.15) is 12.4 Å². The number of ether oxygens (including phenoxy) is 1. The van der Waals surface area contributed by atoms with Crippen LogP contribution < -0.4 is 5.43 Å². The van der Waals surface area contributed by atoms with E-state index in [9.17, 15) is 19.8 Å². The van der Waals surface area contributed by atoms with Gasteiger partial charge in [-0.05, 0) is 25.7 Å². The largest absolute Gasteiger partial charge is 0.502 e. The lowest BCUT2D eigenvalue weighted by molar-refractivity contribution is -0.144. The van der Waals surface area contributed by atoms with Crippen LogP contribution in [0.3, 0.4) is 0 Å². The Morgan fingerprint density at radius 1 is 1.39 bits per heavy atom. The first-order chi connectivity index (χ1) is 11.1. The fourth-order valence-corrected chi connectivity index (χ4v) is 3.29. The third-order valence-corrected chi connectivity index (χ3v) is 4.40. The van der Waals surface area contributed by atoms with Gasteiger partial charge in [-0.1, -0.05) is 19.3 Å². The second-order valence-electron chi connectivity index (χ2n) is 5.96. The molecule has 1 fully saturated rings. The molecule has 2 rings (SSSR count). The van der Waals surface area contributed by atoms with Gasteiger partial charge in [-0.15, -0.1) is 0 Å². The molecule has 0 spiro atoms. The van der Waals surface area contributed by atoms with Gasteiger partial charge < -0.3 is 19.4 Å². The van der Waals surface area contributed by atoms with Crippen molar-refractivity contribution in [3.8, 4) is 5.75 Å². The van der Waals surface area contributed by atoms with Crippen molar-refractivity contribution in [1.82, 2.24) is 0 Å². The molecular weight excluding hydrogens is 300 g/mol. The molecule has 0 aliphatic heterocycles. The lowest BCUT2D eigenvalue weighted by atomic mass is 9.77. The number of hydrogen-bond acceptors (Lipinski definition) is 6. The molecule has 2 N–H and O–H groups in total. The summed E-state index contributed by atoms with van der Waals surface area (Å²) in [4.78, 5) is 23.8. The quantitative estimate of drug-likeness (QED) is 0.780. The molecule has 23 heavy (non-hydrogen) atoms. The number of aliphatic hydroxyl groups excluding tert-OH is 1. The monoisotopic (exact) mass is 324 g/mol. The van der Waals surface area contributed by atoms with Gasteiger partial charge in [0.05, 0.1) is 13.0 Å². The Labute approximate surface area is 135 Å². The fourth-order valence-electron chi connectivity index (χ4n) is 3.29. The summed E-state index contributed by atoms with van der Waals surface area (Å²) < 4.78 is 10.5. The Balaban J connectivity index is 2.37. The Morgan fingerprint density at radius 3 is 2.70 bits per heavy atom. The van der Waals surface area contributed by atoms with Crippen LogP contribution in [0.4, 0.5) is 0 Å². The normalized spacial score (nSPS) is 17.0. The molecule has 0 radical (unpaired) electrons. The number of aliphatic hydroxyl groups is 1. The molecule has 1 atom stereocenters. The van der Waals surface area contributed by atoms with Crippen LogP contribution >= 0.6 is 0 Å². The summed E-state index contributed by atoms with van der Waals surface area (Å²) in [7, 11) is 0. The van der Waals surface area contributed by atoms with E-state index in [1.165, 1.54) is 0 Å². The maximum atomic E-state index is 11.9. The summed E-state index contributed by atoms with van der Waals surface area (Å²) in [5.41, 5.74) is -0.597. The summed E-state index contributed by atoms with van der Waals surface area (Å²) in [6, 6.07) is 1.07. The van der Waals surface area contributed by atoms with Crippen LogP contribution in [0.1, 0.15) is 62.9 Å². The molecule has 0 amide bonds. The minimum Gasteiger partial charge on any atom is -0.502 e. The third kappa shape index (κ3) is 4.34. The van der Waals surface area contributed by atoms with Gasteiger partial charge in [0.25, 0.3) is 0 Å². The SMILES string of the molecule is CCOC(=O)C[C@H](c1oc(CO)cc(=O)c1O)C1CCCCC1. The molecule has 0 saturated heterocycles. The van der Waals surface area contributed by atoms with Gasteiger partial charge in [-0.2, -0.15) is 0 Å².